The summed E-state index contributed by atoms with van der Waals surface area (Å²) in [7, 11) is 0. The zero-order valence-electron chi connectivity index (χ0n) is 15.4. The molecule has 140 valence electrons. The lowest BCUT2D eigenvalue weighted by Crippen LogP contribution is -2.01. The van der Waals surface area contributed by atoms with Gasteiger partial charge >= 0.3 is 0 Å². The van der Waals surface area contributed by atoms with Gasteiger partial charge in [0.2, 0.25) is 5.82 Å². The second kappa shape index (κ2) is 8.30. The Balaban J connectivity index is 1.70. The number of ether oxygens (including phenoxy) is 1. The number of aryl methyl sites for hydroxylation is 2. The van der Waals surface area contributed by atoms with E-state index in [1.807, 2.05) is 37.3 Å². The highest BCUT2D eigenvalue weighted by molar-refractivity contribution is 5.64. The van der Waals surface area contributed by atoms with Crippen molar-refractivity contribution in [3.8, 4) is 16.9 Å². The molecule has 0 fully saturated rings. The van der Waals surface area contributed by atoms with Gasteiger partial charge in [-0.05, 0) is 53.3 Å². The number of hydrogen-bond donors (Lipinski definition) is 0. The van der Waals surface area contributed by atoms with Crippen molar-refractivity contribution in [2.24, 2.45) is 0 Å². The largest absolute Gasteiger partial charge is 0.486 e. The third-order valence-corrected chi connectivity index (χ3v) is 4.50. The van der Waals surface area contributed by atoms with Gasteiger partial charge in [-0.3, -0.25) is 0 Å². The topological polar surface area (TPSA) is 9.23 Å². The average molecular weight is 370 g/mol. The van der Waals surface area contributed by atoms with Crippen LogP contribution in [0.25, 0.3) is 11.1 Å². The summed E-state index contributed by atoms with van der Waals surface area (Å²) >= 11 is 0. The number of rotatable bonds is 6. The van der Waals surface area contributed by atoms with Gasteiger partial charge in [-0.2, -0.15) is 4.39 Å². The molecule has 0 atom stereocenters. The lowest BCUT2D eigenvalue weighted by Gasteiger charge is -2.11. The number of halogens is 3. The third kappa shape index (κ3) is 4.33. The molecule has 1 nitrogen and oxygen atoms in total. The van der Waals surface area contributed by atoms with Gasteiger partial charge in [0.15, 0.2) is 11.6 Å². The second-order valence-electron chi connectivity index (χ2n) is 6.55. The summed E-state index contributed by atoms with van der Waals surface area (Å²) in [5.74, 6) is -2.14. The highest BCUT2D eigenvalue weighted by Crippen LogP contribution is 2.26. The van der Waals surface area contributed by atoms with E-state index in [1.54, 1.807) is 19.1 Å². The van der Waals surface area contributed by atoms with Crippen LogP contribution >= 0.6 is 0 Å². The van der Waals surface area contributed by atoms with Crippen molar-refractivity contribution in [1.29, 1.82) is 0 Å². The Kier molecular flexibility index (Phi) is 5.84. The van der Waals surface area contributed by atoms with E-state index in [1.165, 1.54) is 12.1 Å². The monoisotopic (exact) mass is 370 g/mol. The lowest BCUT2D eigenvalue weighted by atomic mass is 10.0. The molecule has 0 radical (unpaired) electrons. The van der Waals surface area contributed by atoms with Gasteiger partial charge in [0.05, 0.1) is 0 Å². The van der Waals surface area contributed by atoms with Crippen molar-refractivity contribution in [2.45, 2.75) is 33.3 Å². The Labute approximate surface area is 157 Å². The van der Waals surface area contributed by atoms with E-state index in [2.05, 4.69) is 0 Å². The molecule has 27 heavy (non-hydrogen) atoms. The van der Waals surface area contributed by atoms with Crippen molar-refractivity contribution < 1.29 is 17.9 Å². The van der Waals surface area contributed by atoms with Crippen molar-refractivity contribution >= 4 is 0 Å². The van der Waals surface area contributed by atoms with E-state index < -0.39 is 11.6 Å². The standard InChI is InChI=1S/C23H21F3O/c1-3-4-18-11-12-21(23(26)22(18)25)27-14-16-6-9-17(10-7-16)19-8-5-15(2)20(24)13-19/h5-13H,3-4,14H2,1-2H3. The fourth-order valence-electron chi connectivity index (χ4n) is 2.87. The zero-order chi connectivity index (χ0) is 19.4. The third-order valence-electron chi connectivity index (χ3n) is 4.50. The molecule has 0 bridgehead atoms. The van der Waals surface area contributed by atoms with E-state index in [0.717, 1.165) is 23.1 Å². The molecule has 3 aromatic rings. The molecular formula is C23H21F3O. The Bertz CT molecular complexity index is 933. The summed E-state index contributed by atoms with van der Waals surface area (Å²) in [6, 6.07) is 15.5. The van der Waals surface area contributed by atoms with E-state index >= 15 is 0 Å². The Hall–Kier alpha value is -2.75. The first-order valence-corrected chi connectivity index (χ1v) is 8.94. The Morgan fingerprint density at radius 1 is 0.815 bits per heavy atom. The summed E-state index contributed by atoms with van der Waals surface area (Å²) in [4.78, 5) is 0. The molecule has 4 heteroatoms. The molecule has 3 aromatic carbocycles. The summed E-state index contributed by atoms with van der Waals surface area (Å²) in [5, 5.41) is 0. The van der Waals surface area contributed by atoms with Crippen LogP contribution in [-0.4, -0.2) is 0 Å². The molecule has 0 aliphatic rings. The summed E-state index contributed by atoms with van der Waals surface area (Å²) < 4.78 is 47.3. The molecule has 0 aromatic heterocycles. The molecule has 0 amide bonds. The number of hydrogen-bond acceptors (Lipinski definition) is 1. The first-order valence-electron chi connectivity index (χ1n) is 8.94. The summed E-state index contributed by atoms with van der Waals surface area (Å²) in [5.41, 5.74) is 3.42. The van der Waals surface area contributed by atoms with Crippen molar-refractivity contribution in [1.82, 2.24) is 0 Å². The van der Waals surface area contributed by atoms with Crippen molar-refractivity contribution in [2.75, 3.05) is 0 Å². The zero-order valence-corrected chi connectivity index (χ0v) is 15.4. The first-order chi connectivity index (χ1) is 13.0. The molecule has 0 heterocycles. The number of benzene rings is 3. The van der Waals surface area contributed by atoms with Crippen molar-refractivity contribution in [3.05, 3.63) is 88.7 Å². The molecule has 0 aliphatic carbocycles. The maximum absolute atomic E-state index is 14.1. The molecule has 0 saturated heterocycles. The molecule has 0 unspecified atom stereocenters. The highest BCUT2D eigenvalue weighted by atomic mass is 19.2. The smallest absolute Gasteiger partial charge is 0.200 e. The van der Waals surface area contributed by atoms with Gasteiger partial charge in [0.1, 0.15) is 12.4 Å². The van der Waals surface area contributed by atoms with Crippen LogP contribution in [-0.2, 0) is 13.0 Å². The van der Waals surface area contributed by atoms with Crippen LogP contribution < -0.4 is 4.74 Å². The SMILES string of the molecule is CCCc1ccc(OCc2ccc(-c3ccc(C)c(F)c3)cc2)c(F)c1F. The maximum Gasteiger partial charge on any atom is 0.200 e. The normalized spacial score (nSPS) is 10.9. The van der Waals surface area contributed by atoms with Crippen LogP contribution in [0.5, 0.6) is 5.75 Å². The minimum absolute atomic E-state index is 0.1000. The molecule has 0 N–H and O–H groups in total. The Morgan fingerprint density at radius 2 is 1.52 bits per heavy atom. The van der Waals surface area contributed by atoms with Crippen LogP contribution in [0.2, 0.25) is 0 Å². The minimum Gasteiger partial charge on any atom is -0.486 e. The summed E-state index contributed by atoms with van der Waals surface area (Å²) in [6.45, 7) is 3.75. The van der Waals surface area contributed by atoms with Crippen LogP contribution in [0.15, 0.2) is 54.6 Å². The van der Waals surface area contributed by atoms with Gasteiger partial charge in [0.25, 0.3) is 0 Å². The predicted octanol–water partition coefficient (Wildman–Crippen LogP) is 6.61. The first kappa shape index (κ1) is 19.0. The Morgan fingerprint density at radius 3 is 2.19 bits per heavy atom. The summed E-state index contributed by atoms with van der Waals surface area (Å²) in [6.07, 6.45) is 1.23. The minimum atomic E-state index is -0.951. The molecule has 0 saturated carbocycles. The fraction of sp³-hybridized carbons (Fsp3) is 0.217. The predicted molar refractivity (Wildman–Crippen MR) is 101 cm³/mol. The van der Waals surface area contributed by atoms with Crippen LogP contribution in [0.1, 0.15) is 30.0 Å². The van der Waals surface area contributed by atoms with Gasteiger partial charge in [-0.1, -0.05) is 55.8 Å². The maximum atomic E-state index is 14.1. The molecule has 0 aliphatic heterocycles. The van der Waals surface area contributed by atoms with Crippen LogP contribution in [0.4, 0.5) is 13.2 Å². The second-order valence-corrected chi connectivity index (χ2v) is 6.55. The molecular weight excluding hydrogens is 349 g/mol. The quantitative estimate of drug-likeness (QED) is 0.474. The molecule has 0 spiro atoms. The van der Waals surface area contributed by atoms with Crippen LogP contribution in [0.3, 0.4) is 0 Å². The van der Waals surface area contributed by atoms with Gasteiger partial charge in [-0.15, -0.1) is 0 Å². The van der Waals surface area contributed by atoms with E-state index in [4.69, 9.17) is 4.74 Å². The van der Waals surface area contributed by atoms with E-state index in [0.29, 0.717) is 17.5 Å². The van der Waals surface area contributed by atoms with Gasteiger partial charge < -0.3 is 4.74 Å². The van der Waals surface area contributed by atoms with E-state index in [-0.39, 0.29) is 18.2 Å². The van der Waals surface area contributed by atoms with Crippen LogP contribution in [0, 0.1) is 24.4 Å². The molecule has 3 rings (SSSR count). The van der Waals surface area contributed by atoms with Gasteiger partial charge in [0, 0.05) is 0 Å². The van der Waals surface area contributed by atoms with E-state index in [9.17, 15) is 13.2 Å². The lowest BCUT2D eigenvalue weighted by molar-refractivity contribution is 0.284. The van der Waals surface area contributed by atoms with Gasteiger partial charge in [-0.25, -0.2) is 8.78 Å². The average Bonchev–Trinajstić information content (AvgIpc) is 2.68. The fourth-order valence-corrected chi connectivity index (χ4v) is 2.87. The van der Waals surface area contributed by atoms with Crippen molar-refractivity contribution in [3.63, 3.8) is 0 Å². The highest BCUT2D eigenvalue weighted by Gasteiger charge is 2.14.